The highest BCUT2D eigenvalue weighted by molar-refractivity contribution is 5.47. The molecule has 0 atom stereocenters. The minimum atomic E-state index is 0.802. The smallest absolute Gasteiger partial charge is 0.122 e. The number of rotatable bonds is 6. The highest BCUT2D eigenvalue weighted by atomic mass is 16.5. The molecule has 0 aliphatic heterocycles. The van der Waals surface area contributed by atoms with Crippen LogP contribution in [0.5, 0.6) is 5.75 Å². The zero-order chi connectivity index (χ0) is 11.4. The van der Waals surface area contributed by atoms with Gasteiger partial charge >= 0.3 is 0 Å². The molecule has 0 unspecified atom stereocenters. The number of hydrogen-bond donors (Lipinski definition) is 1. The van der Waals surface area contributed by atoms with Crippen molar-refractivity contribution in [2.75, 3.05) is 12.3 Å². The van der Waals surface area contributed by atoms with E-state index in [4.69, 9.17) is 10.5 Å². The second-order valence-electron chi connectivity index (χ2n) is 4.73. The summed E-state index contributed by atoms with van der Waals surface area (Å²) in [4.78, 5) is 0. The van der Waals surface area contributed by atoms with Crippen molar-refractivity contribution in [3.63, 3.8) is 0 Å². The van der Waals surface area contributed by atoms with E-state index in [-0.39, 0.29) is 0 Å². The number of unbranched alkanes of at least 4 members (excludes halogenated alkanes) is 1. The molecule has 0 radical (unpaired) electrons. The molecule has 1 fully saturated rings. The Kier molecular flexibility index (Phi) is 3.70. The van der Waals surface area contributed by atoms with E-state index in [9.17, 15) is 0 Å². The third-order valence-electron chi connectivity index (χ3n) is 3.06. The van der Waals surface area contributed by atoms with Gasteiger partial charge in [-0.15, -0.1) is 0 Å². The molecule has 2 N–H and O–H groups in total. The molecule has 2 nitrogen and oxygen atoms in total. The van der Waals surface area contributed by atoms with E-state index in [2.05, 4.69) is 13.0 Å². The van der Waals surface area contributed by atoms with Gasteiger partial charge in [-0.25, -0.2) is 0 Å². The van der Waals surface area contributed by atoms with Crippen molar-refractivity contribution >= 4 is 5.69 Å². The molecule has 1 saturated carbocycles. The van der Waals surface area contributed by atoms with Gasteiger partial charge in [0.2, 0.25) is 0 Å². The first-order chi connectivity index (χ1) is 7.79. The number of nitrogen functional groups attached to an aromatic ring is 1. The third-order valence-corrected chi connectivity index (χ3v) is 3.06. The summed E-state index contributed by atoms with van der Waals surface area (Å²) in [5.74, 6) is 1.84. The number of anilines is 1. The quantitative estimate of drug-likeness (QED) is 0.744. The van der Waals surface area contributed by atoms with Crippen molar-refractivity contribution < 1.29 is 4.74 Å². The molecule has 1 aromatic carbocycles. The maximum absolute atomic E-state index is 5.86. The molecule has 2 rings (SSSR count). The van der Waals surface area contributed by atoms with Gasteiger partial charge in [-0.3, -0.25) is 0 Å². The Morgan fingerprint density at radius 2 is 2.19 bits per heavy atom. The highest BCUT2D eigenvalue weighted by Crippen LogP contribution is 2.31. The molecular formula is C14H21NO. The fourth-order valence-corrected chi connectivity index (χ4v) is 1.79. The van der Waals surface area contributed by atoms with E-state index >= 15 is 0 Å². The van der Waals surface area contributed by atoms with Gasteiger partial charge in [0.25, 0.3) is 0 Å². The zero-order valence-corrected chi connectivity index (χ0v) is 10.0. The molecule has 0 bridgehead atoms. The molecule has 1 aromatic rings. The van der Waals surface area contributed by atoms with E-state index in [1.165, 1.54) is 31.2 Å². The zero-order valence-electron chi connectivity index (χ0n) is 10.0. The molecule has 0 amide bonds. The van der Waals surface area contributed by atoms with Gasteiger partial charge in [0.15, 0.2) is 0 Å². The van der Waals surface area contributed by atoms with E-state index < -0.39 is 0 Å². The van der Waals surface area contributed by atoms with E-state index in [0.29, 0.717) is 0 Å². The normalized spacial score (nSPS) is 15.1. The van der Waals surface area contributed by atoms with Gasteiger partial charge < -0.3 is 10.5 Å². The van der Waals surface area contributed by atoms with Gasteiger partial charge in [-0.2, -0.15) is 0 Å². The molecule has 0 heterocycles. The number of benzene rings is 1. The van der Waals surface area contributed by atoms with Crippen LogP contribution in [0.4, 0.5) is 5.69 Å². The topological polar surface area (TPSA) is 35.2 Å². The second kappa shape index (κ2) is 5.24. The molecule has 2 heteroatoms. The summed E-state index contributed by atoms with van der Waals surface area (Å²) in [6, 6.07) is 6.00. The second-order valence-corrected chi connectivity index (χ2v) is 4.73. The minimum Gasteiger partial charge on any atom is -0.493 e. The van der Waals surface area contributed by atoms with Crippen LogP contribution >= 0.6 is 0 Å². The molecule has 1 aliphatic carbocycles. The predicted octanol–water partition coefficient (Wildman–Crippen LogP) is 3.40. The summed E-state index contributed by atoms with van der Waals surface area (Å²) in [6.45, 7) is 3.08. The average molecular weight is 219 g/mol. The summed E-state index contributed by atoms with van der Waals surface area (Å²) in [7, 11) is 0. The Bertz CT molecular complexity index is 345. The molecule has 0 aromatic heterocycles. The van der Waals surface area contributed by atoms with Gasteiger partial charge in [-0.1, -0.05) is 13.3 Å². The van der Waals surface area contributed by atoms with Crippen molar-refractivity contribution in [2.45, 2.75) is 39.0 Å². The van der Waals surface area contributed by atoms with Crippen LogP contribution in [-0.2, 0) is 6.42 Å². The van der Waals surface area contributed by atoms with Crippen LogP contribution in [0.1, 0.15) is 38.2 Å². The van der Waals surface area contributed by atoms with Crippen LogP contribution in [-0.4, -0.2) is 6.61 Å². The van der Waals surface area contributed by atoms with Crippen molar-refractivity contribution in [3.8, 4) is 5.75 Å². The first kappa shape index (κ1) is 11.3. The van der Waals surface area contributed by atoms with Crippen molar-refractivity contribution in [1.82, 2.24) is 0 Å². The molecule has 88 valence electrons. The van der Waals surface area contributed by atoms with Crippen LogP contribution in [0, 0.1) is 5.92 Å². The maximum Gasteiger partial charge on any atom is 0.122 e. The predicted molar refractivity (Wildman–Crippen MR) is 67.7 cm³/mol. The largest absolute Gasteiger partial charge is 0.493 e. The Balaban J connectivity index is 2.00. The molecule has 0 saturated heterocycles. The van der Waals surface area contributed by atoms with Gasteiger partial charge in [-0.05, 0) is 55.4 Å². The van der Waals surface area contributed by atoms with Crippen LogP contribution < -0.4 is 10.5 Å². The number of nitrogens with two attached hydrogens (primary N) is 1. The maximum atomic E-state index is 5.86. The minimum absolute atomic E-state index is 0.802. The fraction of sp³-hybridized carbons (Fsp3) is 0.571. The van der Waals surface area contributed by atoms with Gasteiger partial charge in [0, 0.05) is 5.69 Å². The number of ether oxygens (including phenoxy) is 1. The summed E-state index contributed by atoms with van der Waals surface area (Å²) in [6.07, 6.45) is 6.14. The van der Waals surface area contributed by atoms with E-state index in [0.717, 1.165) is 30.4 Å². The Labute approximate surface area is 97.8 Å². The highest BCUT2D eigenvalue weighted by Gasteiger charge is 2.22. The van der Waals surface area contributed by atoms with Crippen LogP contribution in [0.2, 0.25) is 0 Å². The molecule has 1 aliphatic rings. The molecule has 16 heavy (non-hydrogen) atoms. The lowest BCUT2D eigenvalue weighted by atomic mass is 10.1. The first-order valence-electron chi connectivity index (χ1n) is 6.30. The van der Waals surface area contributed by atoms with E-state index in [1.807, 2.05) is 12.1 Å². The number of hydrogen-bond acceptors (Lipinski definition) is 2. The van der Waals surface area contributed by atoms with Crippen LogP contribution in [0.25, 0.3) is 0 Å². The molecule has 0 spiro atoms. The van der Waals surface area contributed by atoms with Gasteiger partial charge in [0.05, 0.1) is 6.61 Å². The Hall–Kier alpha value is -1.18. The van der Waals surface area contributed by atoms with Crippen molar-refractivity contribution in [3.05, 3.63) is 23.8 Å². The lowest BCUT2D eigenvalue weighted by molar-refractivity contribution is 0.296. The van der Waals surface area contributed by atoms with Crippen LogP contribution in [0.3, 0.4) is 0 Å². The fourth-order valence-electron chi connectivity index (χ4n) is 1.79. The first-order valence-corrected chi connectivity index (χ1v) is 6.30. The Morgan fingerprint density at radius 1 is 1.38 bits per heavy atom. The van der Waals surface area contributed by atoms with E-state index in [1.54, 1.807) is 0 Å². The van der Waals surface area contributed by atoms with Crippen molar-refractivity contribution in [1.29, 1.82) is 0 Å². The van der Waals surface area contributed by atoms with Gasteiger partial charge in [0.1, 0.15) is 5.75 Å². The lowest BCUT2D eigenvalue weighted by Crippen LogP contribution is -2.02. The number of aryl methyl sites for hydroxylation is 1. The summed E-state index contributed by atoms with van der Waals surface area (Å²) < 4.78 is 5.86. The monoisotopic (exact) mass is 219 g/mol. The Morgan fingerprint density at radius 3 is 2.88 bits per heavy atom. The summed E-state index contributed by atoms with van der Waals surface area (Å²) in [5.41, 5.74) is 7.92. The van der Waals surface area contributed by atoms with Crippen LogP contribution in [0.15, 0.2) is 18.2 Å². The SMILES string of the molecule is CCCCc1cc(N)ccc1OCC1CC1. The average Bonchev–Trinajstić information content (AvgIpc) is 3.09. The van der Waals surface area contributed by atoms with Crippen molar-refractivity contribution in [2.24, 2.45) is 5.92 Å². The molecular weight excluding hydrogens is 198 g/mol. The lowest BCUT2D eigenvalue weighted by Gasteiger charge is -2.11. The summed E-state index contributed by atoms with van der Waals surface area (Å²) in [5, 5.41) is 0. The third kappa shape index (κ3) is 3.16. The standard InChI is InChI=1S/C14H21NO/c1-2-3-4-12-9-13(15)7-8-14(12)16-10-11-5-6-11/h7-9,11H,2-6,10,15H2,1H3. The summed E-state index contributed by atoms with van der Waals surface area (Å²) >= 11 is 0.